The van der Waals surface area contributed by atoms with E-state index in [1.807, 2.05) is 18.2 Å². The Morgan fingerprint density at radius 2 is 1.95 bits per heavy atom. The first-order valence-electron chi connectivity index (χ1n) is 6.05. The number of benzene rings is 1. The van der Waals surface area contributed by atoms with Crippen LogP contribution >= 0.6 is 0 Å². The first-order valence-corrected chi connectivity index (χ1v) is 7.94. The van der Waals surface area contributed by atoms with Crippen LogP contribution in [0, 0.1) is 0 Å². The molecule has 0 saturated heterocycles. The molecule has 0 bridgehead atoms. The fraction of sp³-hybridized carbons (Fsp3) is 0.154. The molecule has 0 radical (unpaired) electrons. The predicted molar refractivity (Wildman–Crippen MR) is 76.3 cm³/mol. The Kier molecular flexibility index (Phi) is 3.09. The monoisotopic (exact) mass is 304 g/mol. The Morgan fingerprint density at radius 1 is 1.19 bits per heavy atom. The van der Waals surface area contributed by atoms with Crippen LogP contribution < -0.4 is 4.74 Å². The molecule has 0 aliphatic carbocycles. The second kappa shape index (κ2) is 4.81. The molecule has 0 unspecified atom stereocenters. The number of aromatic nitrogens is 4. The van der Waals surface area contributed by atoms with Crippen molar-refractivity contribution in [2.75, 3.05) is 13.4 Å². The molecule has 0 N–H and O–H groups in total. The Labute approximate surface area is 121 Å². The van der Waals surface area contributed by atoms with E-state index in [0.717, 1.165) is 6.26 Å². The molecule has 2 heterocycles. The van der Waals surface area contributed by atoms with Crippen LogP contribution in [0.4, 0.5) is 0 Å². The van der Waals surface area contributed by atoms with E-state index in [0.29, 0.717) is 22.5 Å². The van der Waals surface area contributed by atoms with Crippen LogP contribution in [0.5, 0.6) is 5.75 Å². The van der Waals surface area contributed by atoms with Crippen molar-refractivity contribution in [2.24, 2.45) is 0 Å². The molecule has 21 heavy (non-hydrogen) atoms. The second-order valence-electron chi connectivity index (χ2n) is 4.43. The third-order valence-electron chi connectivity index (χ3n) is 2.93. The van der Waals surface area contributed by atoms with Gasteiger partial charge < -0.3 is 4.74 Å². The van der Waals surface area contributed by atoms with E-state index in [1.54, 1.807) is 19.4 Å². The van der Waals surface area contributed by atoms with Gasteiger partial charge in [-0.2, -0.15) is 10.1 Å². The number of rotatable bonds is 3. The smallest absolute Gasteiger partial charge is 0.248 e. The molecule has 108 valence electrons. The van der Waals surface area contributed by atoms with Gasteiger partial charge in [-0.25, -0.2) is 18.1 Å². The van der Waals surface area contributed by atoms with Crippen molar-refractivity contribution < 1.29 is 13.2 Å². The predicted octanol–water partition coefficient (Wildman–Crippen LogP) is 1.23. The summed E-state index contributed by atoms with van der Waals surface area (Å²) < 4.78 is 30.0. The van der Waals surface area contributed by atoms with E-state index in [9.17, 15) is 8.42 Å². The SMILES string of the molecule is COc1ccccc1-n1ncc2cnc(S(C)(=O)=O)nc21. The molecular formula is C13H12N4O3S. The van der Waals surface area contributed by atoms with Crippen LogP contribution in [0.2, 0.25) is 0 Å². The van der Waals surface area contributed by atoms with Gasteiger partial charge in [-0.1, -0.05) is 12.1 Å². The quantitative estimate of drug-likeness (QED) is 0.676. The number of sulfone groups is 1. The van der Waals surface area contributed by atoms with Crippen molar-refractivity contribution in [1.29, 1.82) is 0 Å². The number of methoxy groups -OCH3 is 1. The van der Waals surface area contributed by atoms with Gasteiger partial charge in [0.05, 0.1) is 18.7 Å². The number of hydrogen-bond donors (Lipinski definition) is 0. The zero-order chi connectivity index (χ0) is 15.0. The topological polar surface area (TPSA) is 87.0 Å². The van der Waals surface area contributed by atoms with Gasteiger partial charge in [-0.05, 0) is 12.1 Å². The lowest BCUT2D eigenvalue weighted by molar-refractivity contribution is 0.412. The van der Waals surface area contributed by atoms with E-state index in [1.165, 1.54) is 10.9 Å². The fourth-order valence-corrected chi connectivity index (χ4v) is 2.46. The average Bonchev–Trinajstić information content (AvgIpc) is 2.89. The Hall–Kier alpha value is -2.48. The van der Waals surface area contributed by atoms with Crippen molar-refractivity contribution in [1.82, 2.24) is 19.7 Å². The zero-order valence-electron chi connectivity index (χ0n) is 11.4. The van der Waals surface area contributed by atoms with Crippen molar-refractivity contribution in [3.8, 4) is 11.4 Å². The van der Waals surface area contributed by atoms with Gasteiger partial charge in [0.1, 0.15) is 11.4 Å². The van der Waals surface area contributed by atoms with Crippen LogP contribution in [0.15, 0.2) is 41.8 Å². The molecule has 0 aliphatic rings. The van der Waals surface area contributed by atoms with Gasteiger partial charge in [-0.15, -0.1) is 0 Å². The van der Waals surface area contributed by atoms with Crippen LogP contribution in [0.25, 0.3) is 16.7 Å². The van der Waals surface area contributed by atoms with E-state index in [4.69, 9.17) is 4.74 Å². The van der Waals surface area contributed by atoms with Crippen LogP contribution in [-0.2, 0) is 9.84 Å². The maximum absolute atomic E-state index is 11.6. The van der Waals surface area contributed by atoms with Gasteiger partial charge in [-0.3, -0.25) is 0 Å². The van der Waals surface area contributed by atoms with E-state index in [-0.39, 0.29) is 5.16 Å². The maximum Gasteiger partial charge on any atom is 0.248 e. The third kappa shape index (κ3) is 2.33. The summed E-state index contributed by atoms with van der Waals surface area (Å²) in [5.74, 6) is 0.613. The summed E-state index contributed by atoms with van der Waals surface area (Å²) in [7, 11) is -1.92. The van der Waals surface area contributed by atoms with Gasteiger partial charge in [0.15, 0.2) is 5.65 Å². The highest BCUT2D eigenvalue weighted by molar-refractivity contribution is 7.90. The molecule has 3 aromatic rings. The van der Waals surface area contributed by atoms with Crippen molar-refractivity contribution in [2.45, 2.75) is 5.16 Å². The lowest BCUT2D eigenvalue weighted by Gasteiger charge is -2.08. The third-order valence-corrected chi connectivity index (χ3v) is 3.79. The van der Waals surface area contributed by atoms with Gasteiger partial charge in [0.25, 0.3) is 0 Å². The normalized spacial score (nSPS) is 11.7. The summed E-state index contributed by atoms with van der Waals surface area (Å²) in [6.45, 7) is 0. The lowest BCUT2D eigenvalue weighted by Crippen LogP contribution is -2.06. The first-order chi connectivity index (χ1) is 10.0. The molecule has 3 rings (SSSR count). The van der Waals surface area contributed by atoms with Crippen molar-refractivity contribution >= 4 is 20.9 Å². The fourth-order valence-electron chi connectivity index (χ4n) is 1.96. The summed E-state index contributed by atoms with van der Waals surface area (Å²) in [6, 6.07) is 7.28. The largest absolute Gasteiger partial charge is 0.494 e. The molecule has 1 aromatic carbocycles. The van der Waals surface area contributed by atoms with Crippen molar-refractivity contribution in [3.63, 3.8) is 0 Å². The molecule has 0 spiro atoms. The highest BCUT2D eigenvalue weighted by Crippen LogP contribution is 2.24. The van der Waals surface area contributed by atoms with E-state index >= 15 is 0 Å². The molecule has 0 fully saturated rings. The van der Waals surface area contributed by atoms with E-state index in [2.05, 4.69) is 15.1 Å². The van der Waals surface area contributed by atoms with Gasteiger partial charge >= 0.3 is 0 Å². The lowest BCUT2D eigenvalue weighted by atomic mass is 10.3. The summed E-state index contributed by atoms with van der Waals surface area (Å²) in [6.07, 6.45) is 4.09. The Balaban J connectivity index is 2.29. The molecule has 0 saturated carbocycles. The minimum absolute atomic E-state index is 0.230. The zero-order valence-corrected chi connectivity index (χ0v) is 12.2. The minimum Gasteiger partial charge on any atom is -0.494 e. The summed E-state index contributed by atoms with van der Waals surface area (Å²) in [4.78, 5) is 7.95. The maximum atomic E-state index is 11.6. The molecule has 0 atom stereocenters. The van der Waals surface area contributed by atoms with Crippen LogP contribution in [-0.4, -0.2) is 41.5 Å². The average molecular weight is 304 g/mol. The summed E-state index contributed by atoms with van der Waals surface area (Å²) in [5, 5.41) is 4.65. The molecule has 0 amide bonds. The van der Waals surface area contributed by atoms with Crippen LogP contribution in [0.1, 0.15) is 0 Å². The second-order valence-corrected chi connectivity index (χ2v) is 6.34. The minimum atomic E-state index is -3.48. The number of hydrogen-bond acceptors (Lipinski definition) is 6. The number of fused-ring (bicyclic) bond motifs is 1. The molecular weight excluding hydrogens is 292 g/mol. The highest BCUT2D eigenvalue weighted by Gasteiger charge is 2.16. The highest BCUT2D eigenvalue weighted by atomic mass is 32.2. The number of para-hydroxylation sites is 2. The molecule has 7 nitrogen and oxygen atoms in total. The standard InChI is InChI=1S/C13H12N4O3S/c1-20-11-6-4-3-5-10(11)17-12-9(8-15-17)7-14-13(16-12)21(2,18)19/h3-8H,1-2H3. The summed E-state index contributed by atoms with van der Waals surface area (Å²) >= 11 is 0. The number of ether oxygens (including phenoxy) is 1. The molecule has 0 aliphatic heterocycles. The first kappa shape index (κ1) is 13.5. The Morgan fingerprint density at radius 3 is 2.67 bits per heavy atom. The molecule has 2 aromatic heterocycles. The van der Waals surface area contributed by atoms with Crippen LogP contribution in [0.3, 0.4) is 0 Å². The number of nitrogens with zero attached hydrogens (tertiary/aromatic N) is 4. The summed E-state index contributed by atoms with van der Waals surface area (Å²) in [5.41, 5.74) is 1.09. The van der Waals surface area contributed by atoms with Gasteiger partial charge in [0.2, 0.25) is 15.0 Å². The van der Waals surface area contributed by atoms with Crippen molar-refractivity contribution in [3.05, 3.63) is 36.7 Å². The van der Waals surface area contributed by atoms with E-state index < -0.39 is 9.84 Å². The molecule has 8 heteroatoms. The van der Waals surface area contributed by atoms with Gasteiger partial charge in [0, 0.05) is 12.5 Å². The Bertz CT molecular complexity index is 918.